The lowest BCUT2D eigenvalue weighted by molar-refractivity contribution is 0.814. The van der Waals surface area contributed by atoms with Crippen molar-refractivity contribution in [2.45, 2.75) is 0 Å². The number of aromatic nitrogens is 6. The maximum atomic E-state index is 10.6. The Labute approximate surface area is 107 Å². The number of nitrogen functional groups attached to an aromatic ring is 2. The van der Waals surface area contributed by atoms with Gasteiger partial charge >= 0.3 is 5.69 Å². The average molecular weight is 260 g/mol. The lowest BCUT2D eigenvalue weighted by Gasteiger charge is -1.92. The van der Waals surface area contributed by atoms with E-state index in [1.165, 1.54) is 17.2 Å². The molecule has 0 unspecified atom stereocenters. The zero-order chi connectivity index (χ0) is 13.8. The van der Waals surface area contributed by atoms with Gasteiger partial charge in [0, 0.05) is 13.2 Å². The predicted molar refractivity (Wildman–Crippen MR) is 70.0 cm³/mol. The lowest BCUT2D eigenvalue weighted by Crippen LogP contribution is -2.19. The molecule has 3 heterocycles. The standard InChI is InChI=1S/C5H5N5.C5H7N3O/c6-4-3-5(9-1-7-3)10-2-8-4;1-8-3-2-4(6)7-5(8)9/h1-2H,(H3,6,7,8,9,10);2-3H,1H3,(H2,6,7,9). The van der Waals surface area contributed by atoms with Gasteiger partial charge in [0.25, 0.3) is 0 Å². The third-order valence-electron chi connectivity index (χ3n) is 2.25. The minimum absolute atomic E-state index is 0.262. The summed E-state index contributed by atoms with van der Waals surface area (Å²) in [6, 6.07) is 1.57. The number of nitrogens with one attached hydrogen (secondary N) is 1. The number of nitrogens with zero attached hydrogens (tertiary/aromatic N) is 5. The Morgan fingerprint density at radius 2 is 2.05 bits per heavy atom. The van der Waals surface area contributed by atoms with E-state index in [9.17, 15) is 4.79 Å². The number of nitrogens with two attached hydrogens (primary N) is 2. The van der Waals surface area contributed by atoms with Crippen molar-refractivity contribution in [1.82, 2.24) is 29.5 Å². The second-order valence-corrected chi connectivity index (χ2v) is 3.61. The fraction of sp³-hybridized carbons (Fsp3) is 0.100. The summed E-state index contributed by atoms with van der Waals surface area (Å²) in [5.41, 5.74) is 11.7. The number of hydrogen-bond acceptors (Lipinski definition) is 7. The van der Waals surface area contributed by atoms with Gasteiger partial charge in [0.15, 0.2) is 11.5 Å². The van der Waals surface area contributed by atoms with Crippen LogP contribution in [0.4, 0.5) is 11.6 Å². The van der Waals surface area contributed by atoms with Crippen molar-refractivity contribution >= 4 is 22.8 Å². The van der Waals surface area contributed by atoms with Crippen LogP contribution in [-0.4, -0.2) is 29.5 Å². The van der Waals surface area contributed by atoms with E-state index in [0.717, 1.165) is 0 Å². The smallest absolute Gasteiger partial charge is 0.349 e. The largest absolute Gasteiger partial charge is 0.383 e. The number of imidazole rings is 1. The summed E-state index contributed by atoms with van der Waals surface area (Å²) in [6.07, 6.45) is 4.50. The van der Waals surface area contributed by atoms with E-state index in [1.54, 1.807) is 19.3 Å². The first kappa shape index (κ1) is 12.5. The Balaban J connectivity index is 0.000000141. The summed E-state index contributed by atoms with van der Waals surface area (Å²) >= 11 is 0. The second kappa shape index (κ2) is 5.12. The summed E-state index contributed by atoms with van der Waals surface area (Å²) in [7, 11) is 1.62. The summed E-state index contributed by atoms with van der Waals surface area (Å²) in [5, 5.41) is 0. The van der Waals surface area contributed by atoms with Crippen LogP contribution in [0.1, 0.15) is 0 Å². The first-order valence-corrected chi connectivity index (χ1v) is 5.26. The van der Waals surface area contributed by atoms with Crippen molar-refractivity contribution in [3.05, 3.63) is 35.4 Å². The third-order valence-corrected chi connectivity index (χ3v) is 2.25. The third kappa shape index (κ3) is 2.83. The van der Waals surface area contributed by atoms with Crippen LogP contribution in [0.2, 0.25) is 0 Å². The Kier molecular flexibility index (Phi) is 3.37. The molecule has 9 heteroatoms. The van der Waals surface area contributed by atoms with Crippen molar-refractivity contribution in [2.24, 2.45) is 7.05 Å². The monoisotopic (exact) mass is 260 g/mol. The van der Waals surface area contributed by atoms with Gasteiger partial charge in [-0.25, -0.2) is 19.7 Å². The molecular formula is C10H12N8O. The average Bonchev–Trinajstić information content (AvgIpc) is 2.85. The molecule has 0 spiro atoms. The number of aromatic amines is 1. The van der Waals surface area contributed by atoms with E-state index < -0.39 is 0 Å². The van der Waals surface area contributed by atoms with E-state index in [2.05, 4.69) is 24.9 Å². The van der Waals surface area contributed by atoms with Gasteiger partial charge in [-0.1, -0.05) is 0 Å². The molecule has 0 aliphatic carbocycles. The van der Waals surface area contributed by atoms with Crippen molar-refractivity contribution in [3.63, 3.8) is 0 Å². The lowest BCUT2D eigenvalue weighted by atomic mass is 10.5. The van der Waals surface area contributed by atoms with Crippen LogP contribution in [0, 0.1) is 0 Å². The van der Waals surface area contributed by atoms with Crippen LogP contribution >= 0.6 is 0 Å². The Morgan fingerprint density at radius 3 is 2.68 bits per heavy atom. The van der Waals surface area contributed by atoms with Crippen LogP contribution < -0.4 is 17.2 Å². The van der Waals surface area contributed by atoms with Gasteiger partial charge < -0.3 is 21.0 Å². The number of fused-ring (bicyclic) bond motifs is 1. The summed E-state index contributed by atoms with van der Waals surface area (Å²) in [4.78, 5) is 28.4. The first-order valence-electron chi connectivity index (χ1n) is 5.26. The minimum Gasteiger partial charge on any atom is -0.383 e. The maximum Gasteiger partial charge on any atom is 0.349 e. The van der Waals surface area contributed by atoms with E-state index in [1.807, 2.05) is 0 Å². The van der Waals surface area contributed by atoms with Gasteiger partial charge in [-0.2, -0.15) is 4.98 Å². The molecule has 0 saturated heterocycles. The van der Waals surface area contributed by atoms with Gasteiger partial charge in [0.05, 0.1) is 6.33 Å². The fourth-order valence-electron chi connectivity index (χ4n) is 1.26. The molecule has 0 bridgehead atoms. The van der Waals surface area contributed by atoms with Crippen LogP contribution in [0.15, 0.2) is 29.7 Å². The van der Waals surface area contributed by atoms with E-state index >= 15 is 0 Å². The number of anilines is 2. The molecule has 0 fully saturated rings. The Bertz CT molecular complexity index is 746. The molecule has 3 aromatic heterocycles. The Morgan fingerprint density at radius 1 is 1.26 bits per heavy atom. The first-order chi connectivity index (χ1) is 9.08. The van der Waals surface area contributed by atoms with Crippen LogP contribution in [0.3, 0.4) is 0 Å². The topological polar surface area (TPSA) is 141 Å². The van der Waals surface area contributed by atoms with E-state index in [-0.39, 0.29) is 11.5 Å². The predicted octanol–water partition coefficient (Wildman–Crippen LogP) is -0.702. The van der Waals surface area contributed by atoms with Crippen LogP contribution in [-0.2, 0) is 7.05 Å². The van der Waals surface area contributed by atoms with Gasteiger partial charge in [-0.3, -0.25) is 0 Å². The summed E-state index contributed by atoms with van der Waals surface area (Å²) < 4.78 is 1.36. The summed E-state index contributed by atoms with van der Waals surface area (Å²) in [5.74, 6) is 0.695. The molecule has 0 atom stereocenters. The molecule has 9 nitrogen and oxygen atoms in total. The van der Waals surface area contributed by atoms with Gasteiger partial charge in [-0.05, 0) is 6.07 Å². The van der Waals surface area contributed by atoms with Gasteiger partial charge in [0.1, 0.15) is 17.7 Å². The van der Waals surface area contributed by atoms with Crippen LogP contribution in [0.25, 0.3) is 11.2 Å². The van der Waals surface area contributed by atoms with E-state index in [4.69, 9.17) is 11.5 Å². The SMILES string of the molecule is Cn1ccc(N)nc1=O.Nc1ncnc2nc[nH]c12. The number of rotatable bonds is 0. The highest BCUT2D eigenvalue weighted by atomic mass is 16.1. The highest BCUT2D eigenvalue weighted by molar-refractivity contribution is 5.80. The van der Waals surface area contributed by atoms with Crippen molar-refractivity contribution < 1.29 is 0 Å². The van der Waals surface area contributed by atoms with Crippen LogP contribution in [0.5, 0.6) is 0 Å². The molecule has 5 N–H and O–H groups in total. The number of aryl methyl sites for hydroxylation is 1. The van der Waals surface area contributed by atoms with Crippen molar-refractivity contribution in [3.8, 4) is 0 Å². The highest BCUT2D eigenvalue weighted by Gasteiger charge is 1.99. The van der Waals surface area contributed by atoms with Crippen molar-refractivity contribution in [1.29, 1.82) is 0 Å². The fourth-order valence-corrected chi connectivity index (χ4v) is 1.26. The normalized spacial score (nSPS) is 9.95. The van der Waals surface area contributed by atoms with Crippen molar-refractivity contribution in [2.75, 3.05) is 11.5 Å². The molecule has 0 amide bonds. The maximum absolute atomic E-state index is 10.6. The van der Waals surface area contributed by atoms with E-state index in [0.29, 0.717) is 17.0 Å². The van der Waals surface area contributed by atoms with Gasteiger partial charge in [0.2, 0.25) is 0 Å². The molecule has 3 rings (SSSR count). The minimum atomic E-state index is -0.324. The van der Waals surface area contributed by atoms with Gasteiger partial charge in [-0.15, -0.1) is 0 Å². The zero-order valence-electron chi connectivity index (χ0n) is 10.1. The molecule has 0 aliphatic rings. The number of H-pyrrole nitrogens is 1. The molecule has 0 aromatic carbocycles. The molecule has 0 saturated carbocycles. The molecule has 0 radical (unpaired) electrons. The zero-order valence-corrected chi connectivity index (χ0v) is 10.1. The molecular weight excluding hydrogens is 248 g/mol. The second-order valence-electron chi connectivity index (χ2n) is 3.61. The summed E-state index contributed by atoms with van der Waals surface area (Å²) in [6.45, 7) is 0. The Hall–Kier alpha value is -2.97. The molecule has 3 aromatic rings. The molecule has 0 aliphatic heterocycles. The number of hydrogen-bond donors (Lipinski definition) is 3. The molecule has 98 valence electrons. The highest BCUT2D eigenvalue weighted by Crippen LogP contribution is 2.09. The molecule has 19 heavy (non-hydrogen) atoms. The quantitative estimate of drug-likeness (QED) is 0.485.